The molecular formula is C14H20N2OS. The lowest BCUT2D eigenvalue weighted by atomic mass is 10.1. The van der Waals surface area contributed by atoms with Crippen LogP contribution in [0.15, 0.2) is 24.3 Å². The van der Waals surface area contributed by atoms with Crippen LogP contribution in [0.4, 0.5) is 0 Å². The van der Waals surface area contributed by atoms with Crippen molar-refractivity contribution in [3.63, 3.8) is 0 Å². The van der Waals surface area contributed by atoms with Gasteiger partial charge < -0.3 is 10.4 Å². The quantitative estimate of drug-likeness (QED) is 0.756. The predicted octanol–water partition coefficient (Wildman–Crippen LogP) is 2.79. The number of aromatic nitrogens is 1. The maximum atomic E-state index is 8.92. The van der Waals surface area contributed by atoms with Crippen LogP contribution in [-0.4, -0.2) is 23.2 Å². The Labute approximate surface area is 112 Å². The monoisotopic (exact) mass is 264 g/mol. The molecule has 0 spiro atoms. The van der Waals surface area contributed by atoms with Crippen molar-refractivity contribution in [2.75, 3.05) is 13.2 Å². The van der Waals surface area contributed by atoms with Crippen LogP contribution in [0.3, 0.4) is 0 Å². The number of aliphatic hydroxyl groups is 1. The largest absolute Gasteiger partial charge is 0.396 e. The third-order valence-corrected chi connectivity index (χ3v) is 4.01. The third kappa shape index (κ3) is 3.77. The molecule has 0 saturated heterocycles. The Morgan fingerprint density at radius 1 is 1.39 bits per heavy atom. The average Bonchev–Trinajstić information content (AvgIpc) is 2.80. The highest BCUT2D eigenvalue weighted by Gasteiger charge is 2.03. The van der Waals surface area contributed by atoms with Crippen LogP contribution in [0.1, 0.15) is 24.8 Å². The minimum atomic E-state index is 0.290. The smallest absolute Gasteiger partial charge is 0.108 e. The molecule has 0 aliphatic rings. The summed E-state index contributed by atoms with van der Waals surface area (Å²) in [6.07, 6.45) is 2.18. The van der Waals surface area contributed by atoms with Crippen LogP contribution >= 0.6 is 11.3 Å². The minimum absolute atomic E-state index is 0.290. The van der Waals surface area contributed by atoms with E-state index in [0.29, 0.717) is 5.92 Å². The maximum absolute atomic E-state index is 8.92. The van der Waals surface area contributed by atoms with Gasteiger partial charge in [0.2, 0.25) is 0 Å². The summed E-state index contributed by atoms with van der Waals surface area (Å²) < 4.78 is 1.25. The Bertz CT molecular complexity index is 450. The van der Waals surface area contributed by atoms with Gasteiger partial charge in [-0.3, -0.25) is 0 Å². The molecule has 2 aromatic rings. The van der Waals surface area contributed by atoms with Gasteiger partial charge in [0.05, 0.1) is 10.2 Å². The summed E-state index contributed by atoms with van der Waals surface area (Å²) in [6, 6.07) is 8.24. The van der Waals surface area contributed by atoms with Crippen molar-refractivity contribution in [3.8, 4) is 0 Å². The number of hydrogen-bond acceptors (Lipinski definition) is 4. The Morgan fingerprint density at radius 2 is 2.22 bits per heavy atom. The average molecular weight is 264 g/mol. The van der Waals surface area contributed by atoms with Gasteiger partial charge in [-0.15, -0.1) is 11.3 Å². The third-order valence-electron chi connectivity index (χ3n) is 2.98. The van der Waals surface area contributed by atoms with Crippen molar-refractivity contribution < 1.29 is 5.11 Å². The molecule has 1 aromatic heterocycles. The molecule has 1 heterocycles. The van der Waals surface area contributed by atoms with E-state index < -0.39 is 0 Å². The summed E-state index contributed by atoms with van der Waals surface area (Å²) in [6.45, 7) is 4.19. The molecule has 1 atom stereocenters. The zero-order valence-corrected chi connectivity index (χ0v) is 11.5. The van der Waals surface area contributed by atoms with Crippen LogP contribution in [0.5, 0.6) is 0 Å². The minimum Gasteiger partial charge on any atom is -0.396 e. The van der Waals surface area contributed by atoms with Crippen molar-refractivity contribution in [1.29, 1.82) is 0 Å². The van der Waals surface area contributed by atoms with Gasteiger partial charge in [-0.25, -0.2) is 4.98 Å². The Balaban J connectivity index is 1.73. The van der Waals surface area contributed by atoms with E-state index in [2.05, 4.69) is 29.4 Å². The lowest BCUT2D eigenvalue weighted by Crippen LogP contribution is -2.15. The van der Waals surface area contributed by atoms with Crippen molar-refractivity contribution in [2.45, 2.75) is 26.3 Å². The van der Waals surface area contributed by atoms with Crippen molar-refractivity contribution >= 4 is 21.6 Å². The molecule has 0 aliphatic heterocycles. The molecule has 98 valence electrons. The standard InChI is InChI=1S/C14H20N2OS/c1-11(10-17)5-4-8-15-9-14-16-12-6-2-3-7-13(12)18-14/h2-3,6-7,11,15,17H,4-5,8-10H2,1H3. The van der Waals surface area contributed by atoms with Crippen LogP contribution in [0.2, 0.25) is 0 Å². The number of para-hydroxylation sites is 1. The highest BCUT2D eigenvalue weighted by Crippen LogP contribution is 2.21. The maximum Gasteiger partial charge on any atom is 0.108 e. The second-order valence-corrected chi connectivity index (χ2v) is 5.80. The van der Waals surface area contributed by atoms with E-state index in [1.807, 2.05) is 12.1 Å². The molecule has 2 N–H and O–H groups in total. The number of nitrogens with zero attached hydrogens (tertiary/aromatic N) is 1. The number of aliphatic hydroxyl groups excluding tert-OH is 1. The number of nitrogens with one attached hydrogen (secondary N) is 1. The topological polar surface area (TPSA) is 45.1 Å². The van der Waals surface area contributed by atoms with Crippen LogP contribution in [0.25, 0.3) is 10.2 Å². The van der Waals surface area contributed by atoms with Crippen LogP contribution in [-0.2, 0) is 6.54 Å². The summed E-state index contributed by atoms with van der Waals surface area (Å²) >= 11 is 1.75. The van der Waals surface area contributed by atoms with Gasteiger partial charge in [0.1, 0.15) is 5.01 Å². The molecule has 0 fully saturated rings. The van der Waals surface area contributed by atoms with Gasteiger partial charge in [0, 0.05) is 13.2 Å². The van der Waals surface area contributed by atoms with Gasteiger partial charge >= 0.3 is 0 Å². The van der Waals surface area contributed by atoms with Crippen molar-refractivity contribution in [3.05, 3.63) is 29.3 Å². The van der Waals surface area contributed by atoms with Gasteiger partial charge in [-0.1, -0.05) is 19.1 Å². The van der Waals surface area contributed by atoms with Gasteiger partial charge in [-0.05, 0) is 37.4 Å². The molecule has 3 nitrogen and oxygen atoms in total. The number of benzene rings is 1. The Kier molecular flexibility index (Phi) is 5.11. The second-order valence-electron chi connectivity index (χ2n) is 4.68. The van der Waals surface area contributed by atoms with E-state index in [0.717, 1.165) is 36.5 Å². The van der Waals surface area contributed by atoms with E-state index in [9.17, 15) is 0 Å². The molecular weight excluding hydrogens is 244 g/mol. The zero-order chi connectivity index (χ0) is 12.8. The molecule has 0 bridgehead atoms. The van der Waals surface area contributed by atoms with E-state index in [1.165, 1.54) is 4.70 Å². The second kappa shape index (κ2) is 6.83. The summed E-state index contributed by atoms with van der Waals surface area (Å²) in [4.78, 5) is 4.58. The Hall–Kier alpha value is -0.970. The summed E-state index contributed by atoms with van der Waals surface area (Å²) in [5.41, 5.74) is 1.09. The molecule has 0 amide bonds. The first-order valence-corrected chi connectivity index (χ1v) is 7.27. The highest BCUT2D eigenvalue weighted by molar-refractivity contribution is 7.18. The molecule has 0 radical (unpaired) electrons. The van der Waals surface area contributed by atoms with Gasteiger partial charge in [-0.2, -0.15) is 0 Å². The Morgan fingerprint density at radius 3 is 3.00 bits per heavy atom. The van der Waals surface area contributed by atoms with E-state index in [1.54, 1.807) is 11.3 Å². The van der Waals surface area contributed by atoms with E-state index in [-0.39, 0.29) is 6.61 Å². The molecule has 18 heavy (non-hydrogen) atoms. The lowest BCUT2D eigenvalue weighted by molar-refractivity contribution is 0.228. The molecule has 1 unspecified atom stereocenters. The summed E-state index contributed by atoms with van der Waals surface area (Å²) in [7, 11) is 0. The number of hydrogen-bond donors (Lipinski definition) is 2. The number of fused-ring (bicyclic) bond motifs is 1. The van der Waals surface area contributed by atoms with E-state index in [4.69, 9.17) is 5.11 Å². The molecule has 2 rings (SSSR count). The van der Waals surface area contributed by atoms with Gasteiger partial charge in [0.25, 0.3) is 0 Å². The number of thiazole rings is 1. The fraction of sp³-hybridized carbons (Fsp3) is 0.500. The highest BCUT2D eigenvalue weighted by atomic mass is 32.1. The number of rotatable bonds is 7. The predicted molar refractivity (Wildman–Crippen MR) is 76.8 cm³/mol. The normalized spacial score (nSPS) is 13.0. The first-order valence-electron chi connectivity index (χ1n) is 6.45. The summed E-state index contributed by atoms with van der Waals surface area (Å²) in [5, 5.41) is 13.5. The van der Waals surface area contributed by atoms with Crippen LogP contribution in [0, 0.1) is 5.92 Å². The molecule has 0 aliphatic carbocycles. The molecule has 0 saturated carbocycles. The van der Waals surface area contributed by atoms with Crippen LogP contribution < -0.4 is 5.32 Å². The molecule has 1 aromatic carbocycles. The summed E-state index contributed by atoms with van der Waals surface area (Å²) in [5.74, 6) is 0.411. The zero-order valence-electron chi connectivity index (χ0n) is 10.7. The molecule has 4 heteroatoms. The van der Waals surface area contributed by atoms with Crippen molar-refractivity contribution in [2.24, 2.45) is 5.92 Å². The first kappa shape index (κ1) is 13.5. The SMILES string of the molecule is CC(CO)CCCNCc1nc2ccccc2s1. The van der Waals surface area contributed by atoms with Gasteiger partial charge in [0.15, 0.2) is 0 Å². The van der Waals surface area contributed by atoms with Crippen molar-refractivity contribution in [1.82, 2.24) is 10.3 Å². The first-order chi connectivity index (χ1) is 8.79. The van der Waals surface area contributed by atoms with E-state index >= 15 is 0 Å². The fourth-order valence-corrected chi connectivity index (χ4v) is 2.79. The fourth-order valence-electron chi connectivity index (χ4n) is 1.86. The lowest BCUT2D eigenvalue weighted by Gasteiger charge is -2.07.